The molecule has 4 atom stereocenters. The van der Waals surface area contributed by atoms with Crippen LogP contribution in [0.4, 0.5) is 0 Å². The summed E-state index contributed by atoms with van der Waals surface area (Å²) in [5, 5.41) is 12.7. The van der Waals surface area contributed by atoms with Crippen molar-refractivity contribution in [1.29, 1.82) is 0 Å². The van der Waals surface area contributed by atoms with E-state index in [1.807, 2.05) is 6.92 Å². The highest BCUT2D eigenvalue weighted by Crippen LogP contribution is 2.34. The van der Waals surface area contributed by atoms with Gasteiger partial charge in [0.2, 0.25) is 0 Å². The van der Waals surface area contributed by atoms with Crippen LogP contribution >= 0.6 is 0 Å². The molecule has 4 unspecified atom stereocenters. The Hall–Kier alpha value is -0.160. The van der Waals surface area contributed by atoms with Gasteiger partial charge in [0.15, 0.2) is 0 Å². The first-order chi connectivity index (χ1) is 6.70. The van der Waals surface area contributed by atoms with E-state index in [1.165, 1.54) is 12.8 Å². The Kier molecular flexibility index (Phi) is 4.81. The van der Waals surface area contributed by atoms with Gasteiger partial charge in [-0.25, -0.2) is 5.90 Å². The molecule has 0 aromatic heterocycles. The fourth-order valence-corrected chi connectivity index (χ4v) is 2.48. The first-order valence-electron chi connectivity index (χ1n) is 5.41. The van der Waals surface area contributed by atoms with E-state index in [9.17, 15) is 5.11 Å². The fraction of sp³-hybridized carbons (Fsp3) is 1.00. The lowest BCUT2D eigenvalue weighted by atomic mass is 9.75. The molecule has 4 nitrogen and oxygen atoms in total. The van der Waals surface area contributed by atoms with E-state index < -0.39 is 6.23 Å². The highest BCUT2D eigenvalue weighted by Gasteiger charge is 2.33. The van der Waals surface area contributed by atoms with Gasteiger partial charge >= 0.3 is 0 Å². The van der Waals surface area contributed by atoms with Crippen LogP contribution in [0, 0.1) is 11.8 Å². The Bertz CT molecular complexity index is 148. The van der Waals surface area contributed by atoms with Crippen molar-refractivity contribution in [2.75, 3.05) is 7.05 Å². The Morgan fingerprint density at radius 2 is 1.93 bits per heavy atom. The van der Waals surface area contributed by atoms with Crippen molar-refractivity contribution in [2.24, 2.45) is 17.7 Å². The Balaban J connectivity index is 2.58. The summed E-state index contributed by atoms with van der Waals surface area (Å²) in [6, 6.07) is 0. The van der Waals surface area contributed by atoms with Crippen LogP contribution in [0.25, 0.3) is 0 Å². The van der Waals surface area contributed by atoms with Crippen LogP contribution in [0.3, 0.4) is 0 Å². The van der Waals surface area contributed by atoms with Crippen LogP contribution in [0.15, 0.2) is 0 Å². The topological polar surface area (TPSA) is 67.5 Å². The Morgan fingerprint density at radius 1 is 1.36 bits per heavy atom. The monoisotopic (exact) mass is 202 g/mol. The van der Waals surface area contributed by atoms with Gasteiger partial charge in [0, 0.05) is 5.92 Å². The number of aliphatic hydroxyl groups is 1. The van der Waals surface area contributed by atoms with Gasteiger partial charge in [-0.15, -0.1) is 0 Å². The molecular weight excluding hydrogens is 180 g/mol. The fourth-order valence-electron chi connectivity index (χ4n) is 2.48. The third kappa shape index (κ3) is 2.67. The smallest absolute Gasteiger partial charge is 0.107 e. The molecule has 0 amide bonds. The summed E-state index contributed by atoms with van der Waals surface area (Å²) in [6.07, 6.45) is 4.16. The predicted molar refractivity (Wildman–Crippen MR) is 55.2 cm³/mol. The molecule has 4 heteroatoms. The lowest BCUT2D eigenvalue weighted by molar-refractivity contribution is -0.0523. The summed E-state index contributed by atoms with van der Waals surface area (Å²) in [7, 11) is 1.78. The predicted octanol–water partition coefficient (Wildman–Crippen LogP) is 0.609. The van der Waals surface area contributed by atoms with E-state index in [2.05, 4.69) is 5.32 Å². The van der Waals surface area contributed by atoms with E-state index in [0.29, 0.717) is 5.92 Å². The number of nitrogens with one attached hydrogen (secondary N) is 1. The maximum Gasteiger partial charge on any atom is 0.107 e. The summed E-state index contributed by atoms with van der Waals surface area (Å²) in [5.74, 6) is 5.85. The van der Waals surface area contributed by atoms with Crippen molar-refractivity contribution >= 4 is 0 Å². The summed E-state index contributed by atoms with van der Waals surface area (Å²) in [5.41, 5.74) is 0. The van der Waals surface area contributed by atoms with Crippen molar-refractivity contribution in [2.45, 2.75) is 44.9 Å². The first-order valence-corrected chi connectivity index (χ1v) is 5.41. The molecule has 0 aromatic rings. The summed E-state index contributed by atoms with van der Waals surface area (Å²) < 4.78 is 0. The van der Waals surface area contributed by atoms with Gasteiger partial charge in [0.25, 0.3) is 0 Å². The lowest BCUT2D eigenvalue weighted by Gasteiger charge is -2.37. The zero-order valence-electron chi connectivity index (χ0n) is 9.07. The number of hydrogen-bond donors (Lipinski definition) is 3. The zero-order valence-corrected chi connectivity index (χ0v) is 9.07. The molecule has 1 rings (SSSR count). The van der Waals surface area contributed by atoms with Crippen molar-refractivity contribution in [3.05, 3.63) is 0 Å². The zero-order chi connectivity index (χ0) is 10.6. The minimum atomic E-state index is -0.433. The molecule has 84 valence electrons. The van der Waals surface area contributed by atoms with Crippen molar-refractivity contribution < 1.29 is 9.94 Å². The van der Waals surface area contributed by atoms with E-state index in [1.54, 1.807) is 7.05 Å². The second kappa shape index (κ2) is 5.66. The molecule has 1 fully saturated rings. The van der Waals surface area contributed by atoms with Crippen molar-refractivity contribution in [3.8, 4) is 0 Å². The molecule has 1 saturated carbocycles. The number of nitrogens with two attached hydrogens (primary N) is 1. The molecule has 0 spiro atoms. The highest BCUT2D eigenvalue weighted by atomic mass is 16.6. The number of aliphatic hydroxyl groups excluding tert-OH is 1. The SMILES string of the molecule is CNC(O)C1CCCCC1C(C)ON. The summed E-state index contributed by atoms with van der Waals surface area (Å²) >= 11 is 0. The van der Waals surface area contributed by atoms with Crippen molar-refractivity contribution in [1.82, 2.24) is 5.32 Å². The van der Waals surface area contributed by atoms with E-state index in [0.717, 1.165) is 12.8 Å². The lowest BCUT2D eigenvalue weighted by Crippen LogP contribution is -2.43. The second-order valence-electron chi connectivity index (χ2n) is 4.19. The van der Waals surface area contributed by atoms with Gasteiger partial charge in [0.05, 0.1) is 6.10 Å². The third-order valence-corrected chi connectivity index (χ3v) is 3.39. The molecule has 0 heterocycles. The maximum absolute atomic E-state index is 9.79. The molecule has 0 aromatic carbocycles. The molecule has 0 radical (unpaired) electrons. The van der Waals surface area contributed by atoms with Gasteiger partial charge in [-0.3, -0.25) is 5.32 Å². The normalized spacial score (nSPS) is 32.6. The minimum absolute atomic E-state index is 0.0308. The highest BCUT2D eigenvalue weighted by molar-refractivity contribution is 4.82. The van der Waals surface area contributed by atoms with Crippen molar-refractivity contribution in [3.63, 3.8) is 0 Å². The molecule has 0 aliphatic heterocycles. The van der Waals surface area contributed by atoms with Gasteiger partial charge in [-0.05, 0) is 32.7 Å². The second-order valence-corrected chi connectivity index (χ2v) is 4.19. The Labute approximate surface area is 85.8 Å². The van der Waals surface area contributed by atoms with Crippen LogP contribution in [0.2, 0.25) is 0 Å². The molecule has 0 saturated heterocycles. The standard InChI is InChI=1S/C10H22N2O2/c1-7(14-11)8-5-3-4-6-9(8)10(13)12-2/h7-10,12-13H,3-6,11H2,1-2H3. The molecule has 14 heavy (non-hydrogen) atoms. The van der Waals surface area contributed by atoms with Gasteiger partial charge in [-0.1, -0.05) is 12.8 Å². The number of rotatable bonds is 4. The summed E-state index contributed by atoms with van der Waals surface area (Å²) in [4.78, 5) is 4.88. The van der Waals surface area contributed by atoms with Gasteiger partial charge in [0.1, 0.15) is 6.23 Å². The van der Waals surface area contributed by atoms with Gasteiger partial charge in [-0.2, -0.15) is 0 Å². The quantitative estimate of drug-likeness (QED) is 0.461. The van der Waals surface area contributed by atoms with Crippen LogP contribution < -0.4 is 11.2 Å². The van der Waals surface area contributed by atoms with E-state index in [4.69, 9.17) is 10.7 Å². The van der Waals surface area contributed by atoms with E-state index in [-0.39, 0.29) is 12.0 Å². The van der Waals surface area contributed by atoms with Crippen LogP contribution in [-0.2, 0) is 4.84 Å². The molecule has 0 bridgehead atoms. The average molecular weight is 202 g/mol. The Morgan fingerprint density at radius 3 is 2.43 bits per heavy atom. The minimum Gasteiger partial charge on any atom is -0.378 e. The average Bonchev–Trinajstić information content (AvgIpc) is 2.27. The molecule has 1 aliphatic carbocycles. The van der Waals surface area contributed by atoms with Crippen LogP contribution in [-0.4, -0.2) is 24.5 Å². The largest absolute Gasteiger partial charge is 0.378 e. The van der Waals surface area contributed by atoms with Gasteiger partial charge < -0.3 is 9.94 Å². The van der Waals surface area contributed by atoms with Crippen LogP contribution in [0.5, 0.6) is 0 Å². The molecular formula is C10H22N2O2. The maximum atomic E-state index is 9.79. The van der Waals surface area contributed by atoms with Crippen LogP contribution in [0.1, 0.15) is 32.6 Å². The molecule has 1 aliphatic rings. The van der Waals surface area contributed by atoms with E-state index >= 15 is 0 Å². The third-order valence-electron chi connectivity index (χ3n) is 3.39. The summed E-state index contributed by atoms with van der Waals surface area (Å²) in [6.45, 7) is 1.98. The number of hydrogen-bond acceptors (Lipinski definition) is 4. The molecule has 4 N–H and O–H groups in total. The first kappa shape index (κ1) is 11.9.